The molecule has 0 spiro atoms. The van der Waals surface area contributed by atoms with Crippen molar-refractivity contribution in [2.24, 2.45) is 5.92 Å². The van der Waals surface area contributed by atoms with Crippen molar-refractivity contribution in [1.82, 2.24) is 4.90 Å². The van der Waals surface area contributed by atoms with Crippen LogP contribution in [0.2, 0.25) is 0 Å². The Bertz CT molecular complexity index is 840. The van der Waals surface area contributed by atoms with Gasteiger partial charge in [-0.05, 0) is 42.0 Å². The molecule has 0 radical (unpaired) electrons. The van der Waals surface area contributed by atoms with Crippen LogP contribution in [0.4, 0.5) is 10.1 Å². The van der Waals surface area contributed by atoms with Crippen LogP contribution in [0.1, 0.15) is 23.6 Å². The van der Waals surface area contributed by atoms with Crippen molar-refractivity contribution in [2.45, 2.75) is 12.5 Å². The van der Waals surface area contributed by atoms with E-state index in [1.54, 1.807) is 43.4 Å². The fourth-order valence-electron chi connectivity index (χ4n) is 3.08. The number of nitriles is 1. The minimum absolute atomic E-state index is 0.0979. The molecule has 2 atom stereocenters. The Labute approximate surface area is 144 Å². The van der Waals surface area contributed by atoms with E-state index >= 15 is 0 Å². The lowest BCUT2D eigenvalue weighted by atomic mass is 9.93. The summed E-state index contributed by atoms with van der Waals surface area (Å²) in [5.41, 5.74) is 1.77. The second-order valence-electron chi connectivity index (χ2n) is 5.99. The minimum atomic E-state index is -0.571. The lowest BCUT2D eigenvalue weighted by Crippen LogP contribution is -2.30. The summed E-state index contributed by atoms with van der Waals surface area (Å²) in [5, 5.41) is 11.6. The molecule has 25 heavy (non-hydrogen) atoms. The van der Waals surface area contributed by atoms with Gasteiger partial charge in [0.1, 0.15) is 5.82 Å². The van der Waals surface area contributed by atoms with Crippen LogP contribution in [-0.2, 0) is 9.59 Å². The highest BCUT2D eigenvalue weighted by Crippen LogP contribution is 2.37. The molecule has 1 saturated heterocycles. The van der Waals surface area contributed by atoms with Gasteiger partial charge in [-0.2, -0.15) is 5.26 Å². The van der Waals surface area contributed by atoms with Crippen LogP contribution in [0.25, 0.3) is 0 Å². The molecule has 5 nitrogen and oxygen atoms in total. The van der Waals surface area contributed by atoms with Crippen molar-refractivity contribution in [2.75, 3.05) is 12.4 Å². The average Bonchev–Trinajstić information content (AvgIpc) is 2.92. The zero-order chi connectivity index (χ0) is 18.0. The predicted molar refractivity (Wildman–Crippen MR) is 89.8 cm³/mol. The summed E-state index contributed by atoms with van der Waals surface area (Å²) in [5.74, 6) is -1.35. The Hall–Kier alpha value is -3.20. The molecule has 2 aromatic carbocycles. The van der Waals surface area contributed by atoms with Gasteiger partial charge in [-0.25, -0.2) is 4.39 Å². The van der Waals surface area contributed by atoms with E-state index in [0.717, 1.165) is 5.56 Å². The van der Waals surface area contributed by atoms with Crippen molar-refractivity contribution in [3.63, 3.8) is 0 Å². The molecular formula is C19H16FN3O2. The first-order valence-electron chi connectivity index (χ1n) is 7.82. The molecule has 6 heteroatoms. The van der Waals surface area contributed by atoms with Crippen LogP contribution >= 0.6 is 0 Å². The second-order valence-corrected chi connectivity index (χ2v) is 5.99. The Morgan fingerprint density at radius 1 is 1.20 bits per heavy atom. The van der Waals surface area contributed by atoms with Gasteiger partial charge in [-0.1, -0.05) is 12.1 Å². The van der Waals surface area contributed by atoms with Crippen LogP contribution in [0.15, 0.2) is 48.5 Å². The van der Waals surface area contributed by atoms with Crippen LogP contribution in [0, 0.1) is 23.1 Å². The van der Waals surface area contributed by atoms with Gasteiger partial charge >= 0.3 is 0 Å². The number of nitrogens with zero attached hydrogens (tertiary/aromatic N) is 2. The summed E-state index contributed by atoms with van der Waals surface area (Å²) < 4.78 is 13.2. The molecule has 1 heterocycles. The number of hydrogen-bond acceptors (Lipinski definition) is 3. The fraction of sp³-hybridized carbons (Fsp3) is 0.211. The summed E-state index contributed by atoms with van der Waals surface area (Å²) in [6.45, 7) is 0. The third kappa shape index (κ3) is 3.36. The van der Waals surface area contributed by atoms with Gasteiger partial charge in [-0.15, -0.1) is 0 Å². The summed E-state index contributed by atoms with van der Waals surface area (Å²) >= 11 is 0. The van der Waals surface area contributed by atoms with Gasteiger partial charge in [-0.3, -0.25) is 9.59 Å². The van der Waals surface area contributed by atoms with Crippen LogP contribution in [0.3, 0.4) is 0 Å². The molecule has 3 rings (SSSR count). The number of halogens is 1. The largest absolute Gasteiger partial charge is 0.338 e. The van der Waals surface area contributed by atoms with Gasteiger partial charge in [0.2, 0.25) is 11.8 Å². The minimum Gasteiger partial charge on any atom is -0.338 e. The maximum Gasteiger partial charge on any atom is 0.230 e. The Morgan fingerprint density at radius 3 is 2.44 bits per heavy atom. The molecule has 1 aliphatic rings. The quantitative estimate of drug-likeness (QED) is 0.936. The van der Waals surface area contributed by atoms with E-state index in [4.69, 9.17) is 5.26 Å². The van der Waals surface area contributed by atoms with Gasteiger partial charge in [0.25, 0.3) is 0 Å². The van der Waals surface area contributed by atoms with Crippen molar-refractivity contribution < 1.29 is 14.0 Å². The zero-order valence-electron chi connectivity index (χ0n) is 13.6. The number of rotatable bonds is 3. The third-order valence-corrected chi connectivity index (χ3v) is 4.42. The van der Waals surface area contributed by atoms with E-state index in [2.05, 4.69) is 5.32 Å². The van der Waals surface area contributed by atoms with Crippen molar-refractivity contribution >= 4 is 17.5 Å². The summed E-state index contributed by atoms with van der Waals surface area (Å²) in [6, 6.07) is 13.9. The average molecular weight is 337 g/mol. The molecule has 0 bridgehead atoms. The highest BCUT2D eigenvalue weighted by Gasteiger charge is 2.42. The standard InChI is InChI=1S/C19H16FN3O2/c1-23-17(24)10-16(18(23)13-4-6-14(20)7-5-13)19(25)22-15-8-2-12(11-21)3-9-15/h2-9,16,18H,10H2,1H3,(H,22,25)/t16-,18+/m1/s1. The maximum absolute atomic E-state index is 13.2. The second kappa shape index (κ2) is 6.73. The summed E-state index contributed by atoms with van der Waals surface area (Å²) in [6.07, 6.45) is 0.0979. The monoisotopic (exact) mass is 337 g/mol. The molecule has 1 aliphatic heterocycles. The number of hydrogen-bond donors (Lipinski definition) is 1. The van der Waals surface area contributed by atoms with E-state index in [-0.39, 0.29) is 24.1 Å². The first-order valence-corrected chi connectivity index (χ1v) is 7.82. The Morgan fingerprint density at radius 2 is 1.84 bits per heavy atom. The van der Waals surface area contributed by atoms with Crippen molar-refractivity contribution in [3.05, 3.63) is 65.5 Å². The van der Waals surface area contributed by atoms with Gasteiger partial charge in [0, 0.05) is 19.2 Å². The zero-order valence-corrected chi connectivity index (χ0v) is 13.6. The first-order chi connectivity index (χ1) is 12.0. The normalized spacial score (nSPS) is 19.6. The highest BCUT2D eigenvalue weighted by molar-refractivity contribution is 5.97. The molecule has 1 fully saturated rings. The molecule has 126 valence electrons. The van der Waals surface area contributed by atoms with E-state index in [1.807, 2.05) is 6.07 Å². The molecule has 0 saturated carbocycles. The number of anilines is 1. The smallest absolute Gasteiger partial charge is 0.230 e. The molecule has 0 aromatic heterocycles. The number of benzene rings is 2. The molecule has 2 aromatic rings. The number of carbonyl (C=O) groups is 2. The maximum atomic E-state index is 13.2. The highest BCUT2D eigenvalue weighted by atomic mass is 19.1. The lowest BCUT2D eigenvalue weighted by molar-refractivity contribution is -0.127. The molecule has 0 unspecified atom stereocenters. The lowest BCUT2D eigenvalue weighted by Gasteiger charge is -2.25. The number of amides is 2. The Kier molecular flexibility index (Phi) is 4.48. The van der Waals surface area contributed by atoms with Crippen LogP contribution in [-0.4, -0.2) is 23.8 Å². The van der Waals surface area contributed by atoms with Crippen LogP contribution < -0.4 is 5.32 Å². The molecule has 0 aliphatic carbocycles. The summed E-state index contributed by atoms with van der Waals surface area (Å²) in [4.78, 5) is 26.3. The summed E-state index contributed by atoms with van der Waals surface area (Å²) in [7, 11) is 1.64. The van der Waals surface area contributed by atoms with E-state index in [9.17, 15) is 14.0 Å². The predicted octanol–water partition coefficient (Wildman–Crippen LogP) is 2.86. The molecule has 1 N–H and O–H groups in total. The number of likely N-dealkylation sites (tertiary alicyclic amines) is 1. The van der Waals surface area contributed by atoms with E-state index < -0.39 is 12.0 Å². The van der Waals surface area contributed by atoms with E-state index in [1.165, 1.54) is 17.0 Å². The van der Waals surface area contributed by atoms with Gasteiger partial charge in [0.15, 0.2) is 0 Å². The number of carbonyl (C=O) groups excluding carboxylic acids is 2. The van der Waals surface area contributed by atoms with Gasteiger partial charge in [0.05, 0.1) is 23.6 Å². The van der Waals surface area contributed by atoms with Crippen molar-refractivity contribution in [3.8, 4) is 6.07 Å². The molecular weight excluding hydrogens is 321 g/mol. The van der Waals surface area contributed by atoms with E-state index in [0.29, 0.717) is 11.3 Å². The topological polar surface area (TPSA) is 73.2 Å². The third-order valence-electron chi connectivity index (χ3n) is 4.42. The fourth-order valence-corrected chi connectivity index (χ4v) is 3.08. The molecule has 2 amide bonds. The van der Waals surface area contributed by atoms with Crippen LogP contribution in [0.5, 0.6) is 0 Å². The Balaban J connectivity index is 1.82. The SMILES string of the molecule is CN1C(=O)C[C@@H](C(=O)Nc2ccc(C#N)cc2)[C@@H]1c1ccc(F)cc1. The van der Waals surface area contributed by atoms with Crippen molar-refractivity contribution in [1.29, 1.82) is 5.26 Å². The number of nitrogens with one attached hydrogen (secondary N) is 1. The van der Waals surface area contributed by atoms with Gasteiger partial charge < -0.3 is 10.2 Å². The first kappa shape index (κ1) is 16.7.